The Balaban J connectivity index is 1.89. The highest BCUT2D eigenvalue weighted by Crippen LogP contribution is 2.42. The Morgan fingerprint density at radius 1 is 1.00 bits per heavy atom. The Morgan fingerprint density at radius 2 is 1.71 bits per heavy atom. The quantitative estimate of drug-likeness (QED) is 0.349. The molecule has 3 nitrogen and oxygen atoms in total. The number of fused-ring (bicyclic) bond motifs is 1. The second kappa shape index (κ2) is 7.18. The number of thiophene rings is 1. The molecule has 4 aromatic rings. The van der Waals surface area contributed by atoms with Crippen molar-refractivity contribution in [3.05, 3.63) is 69.8 Å². The fourth-order valence-electron chi connectivity index (χ4n) is 3.07. The molecule has 0 saturated heterocycles. The third-order valence-corrected chi connectivity index (χ3v) is 5.82. The molecule has 142 valence electrons. The highest BCUT2D eigenvalue weighted by Gasteiger charge is 2.33. The fourth-order valence-corrected chi connectivity index (χ4v) is 4.35. The summed E-state index contributed by atoms with van der Waals surface area (Å²) in [6.45, 7) is 1.97. The molecule has 2 aromatic carbocycles. The standard InChI is InChI=1S/C20H13BrF3N3S/c1-11-16(12-6-8-13(21)9-7-12)17-18(25-10-26-19(17)28-11)27-15-5-3-2-4-14(15)20(22,23)24/h2-10H,1H3,(H,25,26,27). The van der Waals surface area contributed by atoms with Gasteiger partial charge in [-0.3, -0.25) is 0 Å². The number of alkyl halides is 3. The van der Waals surface area contributed by atoms with Crippen molar-refractivity contribution < 1.29 is 13.2 Å². The van der Waals surface area contributed by atoms with Crippen LogP contribution in [-0.4, -0.2) is 9.97 Å². The summed E-state index contributed by atoms with van der Waals surface area (Å²) in [7, 11) is 0. The van der Waals surface area contributed by atoms with Crippen LogP contribution in [0.4, 0.5) is 24.7 Å². The van der Waals surface area contributed by atoms with Crippen molar-refractivity contribution in [2.24, 2.45) is 0 Å². The van der Waals surface area contributed by atoms with Gasteiger partial charge in [-0.15, -0.1) is 11.3 Å². The molecule has 0 aliphatic heterocycles. The normalized spacial score (nSPS) is 11.8. The SMILES string of the molecule is Cc1sc2ncnc(Nc3ccccc3C(F)(F)F)c2c1-c1ccc(Br)cc1. The fraction of sp³-hybridized carbons (Fsp3) is 0.100. The Labute approximate surface area is 171 Å². The van der Waals surface area contributed by atoms with E-state index in [0.717, 1.165) is 31.4 Å². The number of anilines is 2. The van der Waals surface area contributed by atoms with Crippen LogP contribution in [0.25, 0.3) is 21.3 Å². The highest BCUT2D eigenvalue weighted by molar-refractivity contribution is 9.10. The number of nitrogens with zero attached hydrogens (tertiary/aromatic N) is 2. The summed E-state index contributed by atoms with van der Waals surface area (Å²) in [5.74, 6) is 0.351. The number of hydrogen-bond donors (Lipinski definition) is 1. The largest absolute Gasteiger partial charge is 0.418 e. The molecule has 4 rings (SSSR count). The summed E-state index contributed by atoms with van der Waals surface area (Å²) >= 11 is 4.91. The van der Waals surface area contributed by atoms with Gasteiger partial charge < -0.3 is 5.32 Å². The maximum absolute atomic E-state index is 13.4. The van der Waals surface area contributed by atoms with Gasteiger partial charge in [-0.2, -0.15) is 13.2 Å². The molecule has 28 heavy (non-hydrogen) atoms. The molecule has 0 unspecified atom stereocenters. The summed E-state index contributed by atoms with van der Waals surface area (Å²) < 4.78 is 41.1. The van der Waals surface area contributed by atoms with Crippen LogP contribution in [0.3, 0.4) is 0 Å². The maximum Gasteiger partial charge on any atom is 0.418 e. The zero-order valence-electron chi connectivity index (χ0n) is 14.5. The summed E-state index contributed by atoms with van der Waals surface area (Å²) in [5.41, 5.74) is 1.09. The number of aryl methyl sites for hydroxylation is 1. The zero-order valence-corrected chi connectivity index (χ0v) is 16.9. The van der Waals surface area contributed by atoms with E-state index in [1.807, 2.05) is 31.2 Å². The molecule has 2 aromatic heterocycles. The topological polar surface area (TPSA) is 37.8 Å². The van der Waals surface area contributed by atoms with E-state index in [2.05, 4.69) is 31.2 Å². The zero-order chi connectivity index (χ0) is 19.9. The van der Waals surface area contributed by atoms with Crippen LogP contribution >= 0.6 is 27.3 Å². The van der Waals surface area contributed by atoms with Crippen molar-refractivity contribution >= 4 is 49.0 Å². The molecule has 0 spiro atoms. The predicted molar refractivity (Wildman–Crippen MR) is 110 cm³/mol. The molecule has 0 fully saturated rings. The molecule has 0 aliphatic rings. The third-order valence-electron chi connectivity index (χ3n) is 4.28. The lowest BCUT2D eigenvalue weighted by Gasteiger charge is -2.15. The van der Waals surface area contributed by atoms with Gasteiger partial charge in [-0.05, 0) is 36.8 Å². The number of benzene rings is 2. The average Bonchev–Trinajstić information content (AvgIpc) is 2.99. The second-order valence-corrected chi connectivity index (χ2v) is 8.23. The van der Waals surface area contributed by atoms with Gasteiger partial charge in [-0.1, -0.05) is 40.2 Å². The number of hydrogen-bond acceptors (Lipinski definition) is 4. The first-order chi connectivity index (χ1) is 13.3. The molecule has 0 atom stereocenters. The van der Waals surface area contributed by atoms with E-state index in [1.54, 1.807) is 6.07 Å². The molecular formula is C20H13BrF3N3S. The van der Waals surface area contributed by atoms with Crippen molar-refractivity contribution in [3.63, 3.8) is 0 Å². The Hall–Kier alpha value is -2.45. The van der Waals surface area contributed by atoms with Gasteiger partial charge in [0.15, 0.2) is 0 Å². The van der Waals surface area contributed by atoms with Crippen LogP contribution in [0.15, 0.2) is 59.3 Å². The number of nitrogens with one attached hydrogen (secondary N) is 1. The van der Waals surface area contributed by atoms with Gasteiger partial charge in [0.1, 0.15) is 17.0 Å². The first kappa shape index (κ1) is 18.9. The number of rotatable bonds is 3. The molecule has 0 aliphatic carbocycles. The minimum Gasteiger partial charge on any atom is -0.339 e. The van der Waals surface area contributed by atoms with E-state index >= 15 is 0 Å². The summed E-state index contributed by atoms with van der Waals surface area (Å²) in [4.78, 5) is 10.3. The monoisotopic (exact) mass is 463 g/mol. The summed E-state index contributed by atoms with van der Waals surface area (Å²) in [6, 6.07) is 13.1. The lowest BCUT2D eigenvalue weighted by atomic mass is 10.0. The van der Waals surface area contributed by atoms with Crippen molar-refractivity contribution in [1.82, 2.24) is 9.97 Å². The molecule has 1 N–H and O–H groups in total. The van der Waals surface area contributed by atoms with E-state index in [-0.39, 0.29) is 5.69 Å². The molecule has 0 bridgehead atoms. The molecule has 8 heteroatoms. The Kier molecular flexibility index (Phi) is 4.84. The van der Waals surface area contributed by atoms with E-state index in [0.29, 0.717) is 11.2 Å². The average molecular weight is 464 g/mol. The minimum atomic E-state index is -4.46. The summed E-state index contributed by atoms with van der Waals surface area (Å²) in [6.07, 6.45) is -3.10. The van der Waals surface area contributed by atoms with Gasteiger partial charge >= 0.3 is 6.18 Å². The minimum absolute atomic E-state index is 0.0411. The van der Waals surface area contributed by atoms with Crippen LogP contribution in [0.5, 0.6) is 0 Å². The van der Waals surface area contributed by atoms with E-state index < -0.39 is 11.7 Å². The third kappa shape index (κ3) is 3.49. The van der Waals surface area contributed by atoms with E-state index in [4.69, 9.17) is 0 Å². The van der Waals surface area contributed by atoms with Crippen molar-refractivity contribution in [2.45, 2.75) is 13.1 Å². The lowest BCUT2D eigenvalue weighted by Crippen LogP contribution is -2.09. The Bertz CT molecular complexity index is 1150. The van der Waals surface area contributed by atoms with E-state index in [1.165, 1.54) is 29.8 Å². The van der Waals surface area contributed by atoms with E-state index in [9.17, 15) is 13.2 Å². The van der Waals surface area contributed by atoms with Gasteiger partial charge in [0.2, 0.25) is 0 Å². The molecular weight excluding hydrogens is 451 g/mol. The van der Waals surface area contributed by atoms with Crippen molar-refractivity contribution in [3.8, 4) is 11.1 Å². The van der Waals surface area contributed by atoms with Gasteiger partial charge in [0, 0.05) is 14.9 Å². The first-order valence-electron chi connectivity index (χ1n) is 8.28. The van der Waals surface area contributed by atoms with Crippen LogP contribution in [0.1, 0.15) is 10.4 Å². The van der Waals surface area contributed by atoms with Crippen LogP contribution in [-0.2, 0) is 6.18 Å². The highest BCUT2D eigenvalue weighted by atomic mass is 79.9. The molecule has 2 heterocycles. The Morgan fingerprint density at radius 3 is 2.43 bits per heavy atom. The van der Waals surface area contributed by atoms with Crippen molar-refractivity contribution in [2.75, 3.05) is 5.32 Å². The van der Waals surface area contributed by atoms with Crippen LogP contribution < -0.4 is 5.32 Å². The van der Waals surface area contributed by atoms with Gasteiger partial charge in [0.05, 0.1) is 16.6 Å². The lowest BCUT2D eigenvalue weighted by molar-refractivity contribution is -0.136. The van der Waals surface area contributed by atoms with Crippen LogP contribution in [0.2, 0.25) is 0 Å². The predicted octanol–water partition coefficient (Wildman–Crippen LogP) is 7.19. The number of aromatic nitrogens is 2. The molecule has 0 amide bonds. The van der Waals surface area contributed by atoms with Gasteiger partial charge in [-0.25, -0.2) is 9.97 Å². The maximum atomic E-state index is 13.4. The van der Waals surface area contributed by atoms with Crippen molar-refractivity contribution in [1.29, 1.82) is 0 Å². The van der Waals surface area contributed by atoms with Gasteiger partial charge in [0.25, 0.3) is 0 Å². The smallest absolute Gasteiger partial charge is 0.339 e. The number of halogens is 4. The second-order valence-electron chi connectivity index (χ2n) is 6.11. The molecule has 0 radical (unpaired) electrons. The number of para-hydroxylation sites is 1. The van der Waals surface area contributed by atoms with Crippen LogP contribution in [0, 0.1) is 6.92 Å². The summed E-state index contributed by atoms with van der Waals surface area (Å²) in [5, 5.41) is 3.60. The first-order valence-corrected chi connectivity index (χ1v) is 9.89. The molecule has 0 saturated carbocycles.